The molecule has 184 valence electrons. The third kappa shape index (κ3) is 6.81. The van der Waals surface area contributed by atoms with E-state index in [0.29, 0.717) is 17.9 Å². The highest BCUT2D eigenvalue weighted by Crippen LogP contribution is 2.35. The molecule has 4 heteroatoms. The molecule has 33 heavy (non-hydrogen) atoms. The topological polar surface area (TPSA) is 69.9 Å². The molecule has 0 amide bonds. The molecule has 3 N–H and O–H groups in total. The van der Waals surface area contributed by atoms with Crippen LogP contribution < -0.4 is 4.74 Å². The minimum absolute atomic E-state index is 0.0943. The van der Waals surface area contributed by atoms with Crippen LogP contribution in [0.2, 0.25) is 0 Å². The van der Waals surface area contributed by atoms with Gasteiger partial charge in [-0.05, 0) is 77.5 Å². The lowest BCUT2D eigenvalue weighted by molar-refractivity contribution is 0.0559. The summed E-state index contributed by atoms with van der Waals surface area (Å²) in [4.78, 5) is 0. The molecule has 2 aromatic carbocycles. The maximum absolute atomic E-state index is 10.5. The van der Waals surface area contributed by atoms with Crippen LogP contribution in [-0.2, 0) is 31.5 Å². The Kier molecular flexibility index (Phi) is 9.96. The summed E-state index contributed by atoms with van der Waals surface area (Å²) in [6, 6.07) is 12.3. The molecular formula is C29H44O4. The number of benzene rings is 2. The van der Waals surface area contributed by atoms with Crippen LogP contribution in [0.5, 0.6) is 5.75 Å². The number of hydrogen-bond acceptors (Lipinski definition) is 4. The Morgan fingerprint density at radius 3 is 2.00 bits per heavy atom. The van der Waals surface area contributed by atoms with Gasteiger partial charge in [0.05, 0.1) is 25.9 Å². The second kappa shape index (κ2) is 12.0. The van der Waals surface area contributed by atoms with Gasteiger partial charge in [0.2, 0.25) is 0 Å². The van der Waals surface area contributed by atoms with Gasteiger partial charge in [0.25, 0.3) is 0 Å². The summed E-state index contributed by atoms with van der Waals surface area (Å²) >= 11 is 0. The van der Waals surface area contributed by atoms with Crippen molar-refractivity contribution >= 4 is 0 Å². The van der Waals surface area contributed by atoms with Gasteiger partial charge in [0.1, 0.15) is 5.75 Å². The Morgan fingerprint density at radius 2 is 1.45 bits per heavy atom. The van der Waals surface area contributed by atoms with Crippen LogP contribution in [0, 0.1) is 5.41 Å². The van der Waals surface area contributed by atoms with Crippen LogP contribution in [0.4, 0.5) is 0 Å². The van der Waals surface area contributed by atoms with Crippen molar-refractivity contribution in [2.24, 2.45) is 5.41 Å². The van der Waals surface area contributed by atoms with Crippen molar-refractivity contribution in [1.82, 2.24) is 0 Å². The summed E-state index contributed by atoms with van der Waals surface area (Å²) in [6.45, 7) is 13.2. The van der Waals surface area contributed by atoms with E-state index in [-0.39, 0.29) is 30.1 Å². The van der Waals surface area contributed by atoms with Gasteiger partial charge in [-0.15, -0.1) is 0 Å². The van der Waals surface area contributed by atoms with E-state index >= 15 is 0 Å². The van der Waals surface area contributed by atoms with Gasteiger partial charge in [0.15, 0.2) is 0 Å². The first-order valence-electron chi connectivity index (χ1n) is 12.4. The lowest BCUT2D eigenvalue weighted by atomic mass is 9.75. The predicted octanol–water partition coefficient (Wildman–Crippen LogP) is 5.71. The van der Waals surface area contributed by atoms with Crippen LogP contribution in [0.3, 0.4) is 0 Å². The fourth-order valence-electron chi connectivity index (χ4n) is 4.41. The average Bonchev–Trinajstić information content (AvgIpc) is 2.82. The second-order valence-electron chi connectivity index (χ2n) is 10.3. The standard InChI is InChI=1S/C29H44O4/c1-7-21-16-25(13-10-22(21)12-15-27(32)28(4,5)6)29(8-2,9-3)20-33-26-14-11-23(18-30)24(17-26)19-31/h10-11,13-14,16-17,27,30-32H,7-9,12,15,18-20H2,1-6H3. The molecule has 0 aliphatic heterocycles. The summed E-state index contributed by atoms with van der Waals surface area (Å²) in [5, 5.41) is 29.5. The van der Waals surface area contributed by atoms with Gasteiger partial charge in [0, 0.05) is 5.41 Å². The highest BCUT2D eigenvalue weighted by molar-refractivity contribution is 5.38. The number of rotatable bonds is 12. The largest absolute Gasteiger partial charge is 0.493 e. The minimum Gasteiger partial charge on any atom is -0.493 e. The molecular weight excluding hydrogens is 412 g/mol. The first-order chi connectivity index (χ1) is 15.6. The number of aryl methyl sites for hydroxylation is 2. The van der Waals surface area contributed by atoms with Crippen molar-refractivity contribution in [3.8, 4) is 5.75 Å². The molecule has 2 aromatic rings. The van der Waals surface area contributed by atoms with E-state index in [2.05, 4.69) is 59.7 Å². The lowest BCUT2D eigenvalue weighted by Crippen LogP contribution is -2.32. The van der Waals surface area contributed by atoms with Gasteiger partial charge < -0.3 is 20.1 Å². The normalized spacial score (nSPS) is 13.2. The fourth-order valence-corrected chi connectivity index (χ4v) is 4.41. The zero-order valence-electron chi connectivity index (χ0n) is 21.4. The third-order valence-electron chi connectivity index (χ3n) is 7.27. The minimum atomic E-state index is -0.318. The van der Waals surface area contributed by atoms with Gasteiger partial charge in [-0.25, -0.2) is 0 Å². The van der Waals surface area contributed by atoms with Crippen molar-refractivity contribution in [2.75, 3.05) is 6.61 Å². The highest BCUT2D eigenvalue weighted by Gasteiger charge is 2.30. The zero-order valence-corrected chi connectivity index (χ0v) is 21.4. The summed E-state index contributed by atoms with van der Waals surface area (Å²) < 4.78 is 6.24. The molecule has 2 rings (SSSR count). The molecule has 4 nitrogen and oxygen atoms in total. The van der Waals surface area contributed by atoms with E-state index in [4.69, 9.17) is 4.74 Å². The SMILES string of the molecule is CCc1cc(C(CC)(CC)COc2ccc(CO)c(CO)c2)ccc1CCC(O)C(C)(C)C. The van der Waals surface area contributed by atoms with Crippen molar-refractivity contribution in [3.63, 3.8) is 0 Å². The van der Waals surface area contributed by atoms with Crippen molar-refractivity contribution < 1.29 is 20.1 Å². The Morgan fingerprint density at radius 1 is 0.818 bits per heavy atom. The number of aliphatic hydroxyl groups is 3. The monoisotopic (exact) mass is 456 g/mol. The van der Waals surface area contributed by atoms with E-state index < -0.39 is 0 Å². The van der Waals surface area contributed by atoms with Gasteiger partial charge >= 0.3 is 0 Å². The predicted molar refractivity (Wildman–Crippen MR) is 136 cm³/mol. The number of ether oxygens (including phenoxy) is 1. The lowest BCUT2D eigenvalue weighted by Gasteiger charge is -2.33. The van der Waals surface area contributed by atoms with E-state index in [0.717, 1.165) is 37.7 Å². The smallest absolute Gasteiger partial charge is 0.119 e. The van der Waals surface area contributed by atoms with Crippen molar-refractivity contribution in [1.29, 1.82) is 0 Å². The van der Waals surface area contributed by atoms with Crippen LogP contribution in [-0.4, -0.2) is 28.0 Å². The second-order valence-corrected chi connectivity index (χ2v) is 10.3. The molecule has 0 aliphatic rings. The van der Waals surface area contributed by atoms with Crippen LogP contribution in [0.1, 0.15) is 88.6 Å². The molecule has 0 aromatic heterocycles. The molecule has 0 aliphatic carbocycles. The van der Waals surface area contributed by atoms with Crippen LogP contribution >= 0.6 is 0 Å². The summed E-state index contributed by atoms with van der Waals surface area (Å²) in [5.74, 6) is 0.714. The Balaban J connectivity index is 2.24. The summed E-state index contributed by atoms with van der Waals surface area (Å²) in [7, 11) is 0. The highest BCUT2D eigenvalue weighted by atomic mass is 16.5. The summed E-state index contributed by atoms with van der Waals surface area (Å²) in [6.07, 6.45) is 4.20. The van der Waals surface area contributed by atoms with E-state index in [1.54, 1.807) is 0 Å². The first-order valence-corrected chi connectivity index (χ1v) is 12.4. The Labute approximate surface area is 200 Å². The molecule has 0 saturated carbocycles. The zero-order chi connectivity index (χ0) is 24.6. The molecule has 0 bridgehead atoms. The molecule has 1 atom stereocenters. The average molecular weight is 457 g/mol. The maximum Gasteiger partial charge on any atom is 0.119 e. The summed E-state index contributed by atoms with van der Waals surface area (Å²) in [5.41, 5.74) is 5.16. The molecule has 0 radical (unpaired) electrons. The number of aliphatic hydroxyl groups excluding tert-OH is 3. The quantitative estimate of drug-likeness (QED) is 0.383. The van der Waals surface area contributed by atoms with Gasteiger partial charge in [-0.3, -0.25) is 0 Å². The number of hydrogen-bond donors (Lipinski definition) is 3. The van der Waals surface area contributed by atoms with Gasteiger partial charge in [-0.2, -0.15) is 0 Å². The Hall–Kier alpha value is -1.88. The van der Waals surface area contributed by atoms with E-state index in [9.17, 15) is 15.3 Å². The fraction of sp³-hybridized carbons (Fsp3) is 0.586. The third-order valence-corrected chi connectivity index (χ3v) is 7.27. The van der Waals surface area contributed by atoms with Crippen LogP contribution in [0.15, 0.2) is 36.4 Å². The van der Waals surface area contributed by atoms with E-state index in [1.807, 2.05) is 18.2 Å². The maximum atomic E-state index is 10.5. The molecule has 1 unspecified atom stereocenters. The molecule has 0 fully saturated rings. The molecule has 0 spiro atoms. The first kappa shape index (κ1) is 27.4. The van der Waals surface area contributed by atoms with Crippen LogP contribution in [0.25, 0.3) is 0 Å². The van der Waals surface area contributed by atoms with Crippen molar-refractivity contribution in [3.05, 3.63) is 64.2 Å². The van der Waals surface area contributed by atoms with Gasteiger partial charge in [-0.1, -0.05) is 65.8 Å². The Bertz CT molecular complexity index is 878. The molecule has 0 heterocycles. The molecule has 0 saturated heterocycles. The van der Waals surface area contributed by atoms with Crippen molar-refractivity contribution in [2.45, 2.75) is 98.4 Å². The van der Waals surface area contributed by atoms with E-state index in [1.165, 1.54) is 16.7 Å².